The van der Waals surface area contributed by atoms with Gasteiger partial charge in [0, 0.05) is 11.6 Å². The van der Waals surface area contributed by atoms with Crippen LogP contribution in [0.3, 0.4) is 0 Å². The largest absolute Gasteiger partial charge is 0.481 e. The minimum atomic E-state index is -3.33. The molecule has 0 aromatic heterocycles. The third-order valence-electron chi connectivity index (χ3n) is 4.89. The van der Waals surface area contributed by atoms with E-state index in [9.17, 15) is 23.1 Å². The van der Waals surface area contributed by atoms with Crippen molar-refractivity contribution in [2.75, 3.05) is 5.75 Å². The summed E-state index contributed by atoms with van der Waals surface area (Å²) in [6.07, 6.45) is 5.33. The van der Waals surface area contributed by atoms with E-state index >= 15 is 0 Å². The van der Waals surface area contributed by atoms with Crippen LogP contribution in [-0.4, -0.2) is 37.2 Å². The molecule has 0 radical (unpaired) electrons. The normalized spacial score (nSPS) is 21.0. The van der Waals surface area contributed by atoms with Crippen LogP contribution in [0.1, 0.15) is 62.2 Å². The van der Waals surface area contributed by atoms with E-state index in [4.69, 9.17) is 0 Å². The second-order valence-corrected chi connectivity index (χ2v) is 8.97. The lowest BCUT2D eigenvalue weighted by Crippen LogP contribution is -2.42. The van der Waals surface area contributed by atoms with Crippen LogP contribution in [0.25, 0.3) is 0 Å². The molecular formula is C19H27NO5S. The first-order valence-electron chi connectivity index (χ1n) is 9.21. The number of carboxylic acid groups (broad SMARTS) is 1. The van der Waals surface area contributed by atoms with Crippen LogP contribution in [0.2, 0.25) is 0 Å². The van der Waals surface area contributed by atoms with E-state index in [0.29, 0.717) is 24.8 Å². The zero-order valence-corrected chi connectivity index (χ0v) is 15.9. The number of carbonyl (C=O) groups is 2. The Hall–Kier alpha value is -1.89. The fraction of sp³-hybridized carbons (Fsp3) is 0.579. The Kier molecular flexibility index (Phi) is 7.20. The monoisotopic (exact) mass is 381 g/mol. The number of carbonyl (C=O) groups excluding carboxylic acids is 1. The van der Waals surface area contributed by atoms with E-state index in [1.807, 2.05) is 6.92 Å². The predicted octanol–water partition coefficient (Wildman–Crippen LogP) is 3.02. The van der Waals surface area contributed by atoms with E-state index in [1.54, 1.807) is 0 Å². The van der Waals surface area contributed by atoms with Crippen molar-refractivity contribution in [2.24, 2.45) is 5.92 Å². The van der Waals surface area contributed by atoms with Crippen molar-refractivity contribution in [3.8, 4) is 0 Å². The molecule has 2 rings (SSSR count). The van der Waals surface area contributed by atoms with Gasteiger partial charge in [0.15, 0.2) is 9.84 Å². The van der Waals surface area contributed by atoms with Crippen LogP contribution < -0.4 is 5.32 Å². The summed E-state index contributed by atoms with van der Waals surface area (Å²) in [5, 5.41) is 12.2. The quantitative estimate of drug-likeness (QED) is 0.707. The molecule has 144 valence electrons. The summed E-state index contributed by atoms with van der Waals surface area (Å²) in [5.74, 6) is -1.72. The molecular weight excluding hydrogens is 354 g/mol. The Bertz CT molecular complexity index is 727. The Morgan fingerprint density at radius 1 is 1.12 bits per heavy atom. The summed E-state index contributed by atoms with van der Waals surface area (Å²) in [4.78, 5) is 24.1. The highest BCUT2D eigenvalue weighted by atomic mass is 32.2. The van der Waals surface area contributed by atoms with Gasteiger partial charge in [-0.05, 0) is 43.5 Å². The Balaban J connectivity index is 2.08. The molecule has 1 aliphatic carbocycles. The highest BCUT2D eigenvalue weighted by Crippen LogP contribution is 2.24. The minimum Gasteiger partial charge on any atom is -0.481 e. The third-order valence-corrected chi connectivity index (χ3v) is 6.71. The molecule has 0 unspecified atom stereocenters. The molecule has 0 heterocycles. The van der Waals surface area contributed by atoms with Crippen molar-refractivity contribution >= 4 is 21.7 Å². The van der Waals surface area contributed by atoms with Gasteiger partial charge in [-0.15, -0.1) is 0 Å². The fourth-order valence-electron chi connectivity index (χ4n) is 3.29. The fourth-order valence-corrected chi connectivity index (χ4v) is 4.75. The molecule has 1 aliphatic rings. The predicted molar refractivity (Wildman–Crippen MR) is 98.9 cm³/mol. The van der Waals surface area contributed by atoms with Crippen LogP contribution in [0, 0.1) is 5.92 Å². The molecule has 0 bridgehead atoms. The number of unbranched alkanes of at least 4 members (excludes halogenated alkanes) is 1. The molecule has 1 amide bonds. The summed E-state index contributed by atoms with van der Waals surface area (Å²) in [5.41, 5.74) is 0.341. The second-order valence-electron chi connectivity index (χ2n) is 6.86. The van der Waals surface area contributed by atoms with Crippen molar-refractivity contribution in [2.45, 2.75) is 62.8 Å². The summed E-state index contributed by atoms with van der Waals surface area (Å²) < 4.78 is 24.4. The van der Waals surface area contributed by atoms with Crippen LogP contribution in [-0.2, 0) is 14.6 Å². The van der Waals surface area contributed by atoms with Gasteiger partial charge in [-0.2, -0.15) is 0 Å². The van der Waals surface area contributed by atoms with E-state index in [0.717, 1.165) is 25.7 Å². The van der Waals surface area contributed by atoms with E-state index < -0.39 is 27.8 Å². The summed E-state index contributed by atoms with van der Waals surface area (Å²) in [6, 6.07) is 5.47. The lowest BCUT2D eigenvalue weighted by atomic mass is 9.94. The smallest absolute Gasteiger partial charge is 0.308 e. The first kappa shape index (κ1) is 20.4. The van der Waals surface area contributed by atoms with Crippen LogP contribution in [0.5, 0.6) is 0 Å². The van der Waals surface area contributed by atoms with Crippen molar-refractivity contribution < 1.29 is 23.1 Å². The molecule has 0 aliphatic heterocycles. The van der Waals surface area contributed by atoms with E-state index in [1.165, 1.54) is 24.3 Å². The molecule has 1 saturated carbocycles. The number of aliphatic carboxylic acids is 1. The average Bonchev–Trinajstić information content (AvgIpc) is 2.85. The topological polar surface area (TPSA) is 101 Å². The first-order chi connectivity index (χ1) is 12.3. The van der Waals surface area contributed by atoms with Gasteiger partial charge in [-0.25, -0.2) is 8.42 Å². The van der Waals surface area contributed by atoms with Gasteiger partial charge < -0.3 is 10.4 Å². The van der Waals surface area contributed by atoms with Gasteiger partial charge in [0.1, 0.15) is 0 Å². The minimum absolute atomic E-state index is 0.0947. The maximum Gasteiger partial charge on any atom is 0.308 e. The van der Waals surface area contributed by atoms with Gasteiger partial charge in [-0.3, -0.25) is 9.59 Å². The third kappa shape index (κ3) is 5.30. The van der Waals surface area contributed by atoms with E-state index in [-0.39, 0.29) is 16.6 Å². The Morgan fingerprint density at radius 3 is 2.38 bits per heavy atom. The maximum atomic E-state index is 12.5. The zero-order chi connectivity index (χ0) is 19.2. The zero-order valence-electron chi connectivity index (χ0n) is 15.1. The lowest BCUT2D eigenvalue weighted by molar-refractivity contribution is -0.142. The first-order valence-corrected chi connectivity index (χ1v) is 10.9. The van der Waals surface area contributed by atoms with Crippen LogP contribution >= 0.6 is 0 Å². The number of sulfone groups is 1. The molecule has 1 aromatic carbocycles. The van der Waals surface area contributed by atoms with Crippen molar-refractivity contribution in [1.29, 1.82) is 0 Å². The number of amides is 1. The van der Waals surface area contributed by atoms with Gasteiger partial charge in [0.25, 0.3) is 5.91 Å². The molecule has 0 saturated heterocycles. The summed E-state index contributed by atoms with van der Waals surface area (Å²) in [6.45, 7) is 1.93. The van der Waals surface area contributed by atoms with Crippen molar-refractivity contribution in [3.05, 3.63) is 29.8 Å². The molecule has 6 nitrogen and oxygen atoms in total. The van der Waals surface area contributed by atoms with Crippen LogP contribution in [0.4, 0.5) is 0 Å². The lowest BCUT2D eigenvalue weighted by Gasteiger charge is -2.23. The number of rotatable bonds is 7. The molecule has 1 aromatic rings. The number of benzene rings is 1. The average molecular weight is 381 g/mol. The van der Waals surface area contributed by atoms with Gasteiger partial charge in [0.2, 0.25) is 0 Å². The molecule has 1 fully saturated rings. The van der Waals surface area contributed by atoms with Crippen LogP contribution in [0.15, 0.2) is 29.2 Å². The summed E-state index contributed by atoms with van der Waals surface area (Å²) in [7, 11) is -3.33. The maximum absolute atomic E-state index is 12.5. The SMILES string of the molecule is CCCCS(=O)(=O)c1ccc(C(=O)N[C@H]2CCCCC[C@H]2C(=O)O)cc1. The summed E-state index contributed by atoms with van der Waals surface area (Å²) >= 11 is 0. The number of hydrogen-bond donors (Lipinski definition) is 2. The number of nitrogens with one attached hydrogen (secondary N) is 1. The number of hydrogen-bond acceptors (Lipinski definition) is 4. The van der Waals surface area contributed by atoms with Gasteiger partial charge in [0.05, 0.1) is 16.6 Å². The Labute approximate surface area is 154 Å². The molecule has 2 N–H and O–H groups in total. The molecule has 2 atom stereocenters. The van der Waals surface area contributed by atoms with Crippen molar-refractivity contribution in [1.82, 2.24) is 5.32 Å². The van der Waals surface area contributed by atoms with Crippen molar-refractivity contribution in [3.63, 3.8) is 0 Å². The van der Waals surface area contributed by atoms with Gasteiger partial charge in [-0.1, -0.05) is 32.6 Å². The Morgan fingerprint density at radius 2 is 1.77 bits per heavy atom. The second kappa shape index (κ2) is 9.16. The van der Waals surface area contributed by atoms with Gasteiger partial charge >= 0.3 is 5.97 Å². The highest BCUT2D eigenvalue weighted by Gasteiger charge is 2.30. The molecule has 26 heavy (non-hydrogen) atoms. The van der Waals surface area contributed by atoms with E-state index in [2.05, 4.69) is 5.32 Å². The highest BCUT2D eigenvalue weighted by molar-refractivity contribution is 7.91. The number of carboxylic acids is 1. The molecule has 7 heteroatoms. The molecule has 0 spiro atoms. The standard InChI is InChI=1S/C19H27NO5S/c1-2-3-13-26(24,25)15-11-9-14(10-12-15)18(21)20-17-8-6-4-5-7-16(17)19(22)23/h9-12,16-17H,2-8,13H2,1H3,(H,20,21)(H,22,23)/t16-,17+/m1/s1.